The van der Waals surface area contributed by atoms with E-state index < -0.39 is 0 Å². The van der Waals surface area contributed by atoms with Crippen LogP contribution in [-0.4, -0.2) is 18.0 Å². The van der Waals surface area contributed by atoms with Gasteiger partial charge in [-0.15, -0.1) is 25.8 Å². The normalized spacial score (nSPS) is 10.6. The Morgan fingerprint density at radius 3 is 2.00 bits per heavy atom. The van der Waals surface area contributed by atoms with Gasteiger partial charge in [0.15, 0.2) is 0 Å². The highest BCUT2D eigenvalue weighted by molar-refractivity contribution is 7.84. The smallest absolute Gasteiger partial charge is 0.0681 e. The fourth-order valence-electron chi connectivity index (χ4n) is 0.784. The van der Waals surface area contributed by atoms with Gasteiger partial charge in [-0.05, 0) is 6.08 Å². The molecule has 0 aliphatic carbocycles. The van der Waals surface area contributed by atoms with Crippen LogP contribution in [-0.2, 0) is 0 Å². The lowest BCUT2D eigenvalue weighted by molar-refractivity contribution is 0.452. The molecule has 0 aliphatic heterocycles. The summed E-state index contributed by atoms with van der Waals surface area (Å²) in [5.74, 6) is 0. The molecule has 2 heteroatoms. The number of nitrogens with zero attached hydrogens (tertiary/aromatic N) is 1. The summed E-state index contributed by atoms with van der Waals surface area (Å²) in [5, 5.41) is 0.879. The summed E-state index contributed by atoms with van der Waals surface area (Å²) in [7, 11) is 0. The molecule has 0 rings (SSSR count). The summed E-state index contributed by atoms with van der Waals surface area (Å²) < 4.78 is 0. The van der Waals surface area contributed by atoms with Crippen molar-refractivity contribution in [1.82, 2.24) is 4.90 Å². The molecule has 0 radical (unpaired) electrons. The van der Waals surface area contributed by atoms with Gasteiger partial charge >= 0.3 is 0 Å². The molecule has 12 heavy (non-hydrogen) atoms. The van der Waals surface area contributed by atoms with Gasteiger partial charge in [0, 0.05) is 13.1 Å². The van der Waals surface area contributed by atoms with Crippen LogP contribution in [0.4, 0.5) is 0 Å². The van der Waals surface area contributed by atoms with E-state index in [1.807, 2.05) is 23.1 Å². The SMILES string of the molecule is C=C/C=C(\S)N(CC=C)CC=C. The molecule has 0 aliphatic rings. The lowest BCUT2D eigenvalue weighted by Gasteiger charge is -2.20. The topological polar surface area (TPSA) is 3.24 Å². The molecular weight excluding hydrogens is 166 g/mol. The molecule has 0 aromatic carbocycles. The number of hydrogen-bond acceptors (Lipinski definition) is 2. The van der Waals surface area contributed by atoms with Gasteiger partial charge < -0.3 is 4.90 Å². The molecule has 0 aromatic heterocycles. The maximum atomic E-state index is 4.29. The summed E-state index contributed by atoms with van der Waals surface area (Å²) in [6.45, 7) is 12.5. The molecule has 0 saturated carbocycles. The number of hydrogen-bond donors (Lipinski definition) is 1. The molecule has 0 unspecified atom stereocenters. The zero-order valence-electron chi connectivity index (χ0n) is 7.24. The third kappa shape index (κ3) is 4.09. The fraction of sp³-hybridized carbons (Fsp3) is 0.200. The second-order valence-electron chi connectivity index (χ2n) is 2.24. The molecule has 0 bridgehead atoms. The standard InChI is InChI=1S/C10H15NS/c1-4-7-10(12)11(8-5-2)9-6-3/h4-7,12H,1-3,8-9H2/b10-7-. The lowest BCUT2D eigenvalue weighted by atomic mass is 10.4. The summed E-state index contributed by atoms with van der Waals surface area (Å²) in [4.78, 5) is 2.03. The van der Waals surface area contributed by atoms with Crippen molar-refractivity contribution < 1.29 is 0 Å². The first-order chi connectivity index (χ1) is 5.76. The Bertz CT molecular complexity index is 184. The molecule has 0 atom stereocenters. The molecule has 0 saturated heterocycles. The molecule has 0 N–H and O–H groups in total. The average molecular weight is 181 g/mol. The number of allylic oxidation sites excluding steroid dienone is 2. The molecule has 0 heterocycles. The van der Waals surface area contributed by atoms with E-state index in [-0.39, 0.29) is 0 Å². The summed E-state index contributed by atoms with van der Waals surface area (Å²) >= 11 is 4.29. The Hall–Kier alpha value is -0.890. The van der Waals surface area contributed by atoms with Crippen LogP contribution in [0, 0.1) is 0 Å². The molecule has 0 fully saturated rings. The molecule has 1 nitrogen and oxygen atoms in total. The summed E-state index contributed by atoms with van der Waals surface area (Å²) in [5.41, 5.74) is 0. The van der Waals surface area contributed by atoms with Gasteiger partial charge in [-0.1, -0.05) is 24.8 Å². The van der Waals surface area contributed by atoms with Crippen LogP contribution in [0.5, 0.6) is 0 Å². The zero-order valence-corrected chi connectivity index (χ0v) is 8.13. The minimum atomic E-state index is 0.773. The molecule has 0 amide bonds. The van der Waals surface area contributed by atoms with E-state index in [9.17, 15) is 0 Å². The van der Waals surface area contributed by atoms with Gasteiger partial charge in [-0.25, -0.2) is 0 Å². The Morgan fingerprint density at radius 1 is 1.17 bits per heavy atom. The minimum Gasteiger partial charge on any atom is -0.359 e. The highest BCUT2D eigenvalue weighted by Crippen LogP contribution is 2.08. The Labute approximate surface area is 80.2 Å². The van der Waals surface area contributed by atoms with Gasteiger partial charge in [-0.3, -0.25) is 0 Å². The van der Waals surface area contributed by atoms with Crippen LogP contribution in [0.1, 0.15) is 0 Å². The van der Waals surface area contributed by atoms with Crippen LogP contribution in [0.25, 0.3) is 0 Å². The maximum absolute atomic E-state index is 4.29. The molecule has 0 spiro atoms. The first kappa shape index (κ1) is 11.1. The highest BCUT2D eigenvalue weighted by atomic mass is 32.1. The lowest BCUT2D eigenvalue weighted by Crippen LogP contribution is -2.20. The first-order valence-electron chi connectivity index (χ1n) is 3.74. The van der Waals surface area contributed by atoms with Crippen molar-refractivity contribution in [1.29, 1.82) is 0 Å². The fourth-order valence-corrected chi connectivity index (χ4v) is 1.05. The predicted molar refractivity (Wildman–Crippen MR) is 59.2 cm³/mol. The van der Waals surface area contributed by atoms with Crippen molar-refractivity contribution in [3.63, 3.8) is 0 Å². The zero-order chi connectivity index (χ0) is 9.40. The van der Waals surface area contributed by atoms with E-state index in [0.29, 0.717) is 0 Å². The molecular formula is C10H15NS. The van der Waals surface area contributed by atoms with Gasteiger partial charge in [0.05, 0.1) is 5.03 Å². The third-order valence-corrected chi connectivity index (χ3v) is 1.72. The van der Waals surface area contributed by atoms with E-state index in [2.05, 4.69) is 32.4 Å². The second kappa shape index (κ2) is 6.80. The quantitative estimate of drug-likeness (QED) is 0.374. The summed E-state index contributed by atoms with van der Waals surface area (Å²) in [6, 6.07) is 0. The van der Waals surface area contributed by atoms with Crippen molar-refractivity contribution in [2.75, 3.05) is 13.1 Å². The van der Waals surface area contributed by atoms with Crippen LogP contribution >= 0.6 is 12.6 Å². The van der Waals surface area contributed by atoms with E-state index in [0.717, 1.165) is 18.1 Å². The monoisotopic (exact) mass is 181 g/mol. The first-order valence-corrected chi connectivity index (χ1v) is 4.19. The Kier molecular flexibility index (Phi) is 6.29. The Balaban J connectivity index is 4.25. The molecule has 0 aromatic rings. The van der Waals surface area contributed by atoms with Crippen molar-refractivity contribution in [3.8, 4) is 0 Å². The van der Waals surface area contributed by atoms with Crippen LogP contribution in [0.3, 0.4) is 0 Å². The predicted octanol–water partition coefficient (Wildman–Crippen LogP) is 2.62. The number of thiol groups is 1. The van der Waals surface area contributed by atoms with Crippen LogP contribution < -0.4 is 0 Å². The number of rotatable bonds is 6. The van der Waals surface area contributed by atoms with E-state index in [4.69, 9.17) is 0 Å². The largest absolute Gasteiger partial charge is 0.359 e. The Morgan fingerprint density at radius 2 is 1.67 bits per heavy atom. The van der Waals surface area contributed by atoms with Crippen LogP contribution in [0.15, 0.2) is 49.1 Å². The second-order valence-corrected chi connectivity index (χ2v) is 2.70. The van der Waals surface area contributed by atoms with Crippen molar-refractivity contribution in [3.05, 3.63) is 49.1 Å². The van der Waals surface area contributed by atoms with Gasteiger partial charge in [0.1, 0.15) is 0 Å². The average Bonchev–Trinajstić information content (AvgIpc) is 2.04. The molecule has 66 valence electrons. The summed E-state index contributed by atoms with van der Waals surface area (Å²) in [6.07, 6.45) is 7.21. The van der Waals surface area contributed by atoms with E-state index in [1.54, 1.807) is 6.08 Å². The van der Waals surface area contributed by atoms with Gasteiger partial charge in [0.2, 0.25) is 0 Å². The van der Waals surface area contributed by atoms with Crippen molar-refractivity contribution in [2.45, 2.75) is 0 Å². The van der Waals surface area contributed by atoms with E-state index in [1.165, 1.54) is 0 Å². The van der Waals surface area contributed by atoms with Crippen LogP contribution in [0.2, 0.25) is 0 Å². The third-order valence-electron chi connectivity index (χ3n) is 1.29. The van der Waals surface area contributed by atoms with Crippen molar-refractivity contribution >= 4 is 12.6 Å². The van der Waals surface area contributed by atoms with E-state index >= 15 is 0 Å². The van der Waals surface area contributed by atoms with Gasteiger partial charge in [-0.2, -0.15) is 0 Å². The highest BCUT2D eigenvalue weighted by Gasteiger charge is 1.99. The maximum Gasteiger partial charge on any atom is 0.0681 e. The minimum absolute atomic E-state index is 0.773. The van der Waals surface area contributed by atoms with Crippen molar-refractivity contribution in [2.24, 2.45) is 0 Å². The van der Waals surface area contributed by atoms with Gasteiger partial charge in [0.25, 0.3) is 0 Å².